The van der Waals surface area contributed by atoms with Crippen molar-refractivity contribution in [3.05, 3.63) is 122 Å². The van der Waals surface area contributed by atoms with Gasteiger partial charge >= 0.3 is 11.9 Å². The molecule has 1 amide bonds. The molecule has 0 saturated heterocycles. The third-order valence-electron chi connectivity index (χ3n) is 6.03. The van der Waals surface area contributed by atoms with Gasteiger partial charge in [-0.25, -0.2) is 10.3 Å². The second-order valence-corrected chi connectivity index (χ2v) is 8.41. The summed E-state index contributed by atoms with van der Waals surface area (Å²) in [7, 11) is 0. The van der Waals surface area contributed by atoms with E-state index in [2.05, 4.69) is 6.58 Å². The van der Waals surface area contributed by atoms with Crippen LogP contribution < -0.4 is 16.7 Å². The van der Waals surface area contributed by atoms with Crippen molar-refractivity contribution in [1.82, 2.24) is 14.6 Å². The second kappa shape index (κ2) is 10.3. The van der Waals surface area contributed by atoms with E-state index in [9.17, 15) is 27.6 Å². The fourth-order valence-corrected chi connectivity index (χ4v) is 4.06. The topological polar surface area (TPSA) is 93.3 Å². The van der Waals surface area contributed by atoms with Crippen LogP contribution in [0.15, 0.2) is 89.0 Å². The summed E-state index contributed by atoms with van der Waals surface area (Å²) in [6, 6.07) is 18.0. The lowest BCUT2D eigenvalue weighted by molar-refractivity contribution is -0.137. The van der Waals surface area contributed by atoms with Crippen LogP contribution in [-0.4, -0.2) is 20.2 Å². The van der Waals surface area contributed by atoms with Crippen LogP contribution in [0.25, 0.3) is 16.5 Å². The van der Waals surface area contributed by atoms with E-state index in [0.29, 0.717) is 27.6 Å². The smallest absolute Gasteiger partial charge is 0.289 e. The van der Waals surface area contributed by atoms with E-state index in [1.54, 1.807) is 48.5 Å². The number of para-hydroxylation sites is 1. The molecule has 1 aromatic heterocycles. The number of rotatable bonds is 7. The summed E-state index contributed by atoms with van der Waals surface area (Å²) >= 11 is 0. The van der Waals surface area contributed by atoms with Crippen molar-refractivity contribution in [2.45, 2.75) is 25.7 Å². The maximum Gasteiger partial charge on any atom is 0.416 e. The lowest BCUT2D eigenvalue weighted by Gasteiger charge is -2.15. The zero-order valence-corrected chi connectivity index (χ0v) is 19.5. The Bertz CT molecular complexity index is 1600. The molecule has 0 atom stereocenters. The summed E-state index contributed by atoms with van der Waals surface area (Å²) in [6.07, 6.45) is -4.44. The molecular formula is C27H22F3N3O4. The molecule has 37 heavy (non-hydrogen) atoms. The number of nitrogens with one attached hydrogen (secondary N) is 1. The van der Waals surface area contributed by atoms with Crippen LogP contribution in [0.1, 0.15) is 22.3 Å². The van der Waals surface area contributed by atoms with Gasteiger partial charge in [0.05, 0.1) is 23.0 Å². The highest BCUT2D eigenvalue weighted by Crippen LogP contribution is 2.29. The van der Waals surface area contributed by atoms with E-state index in [1.807, 2.05) is 0 Å². The van der Waals surface area contributed by atoms with E-state index in [4.69, 9.17) is 5.21 Å². The molecule has 0 unspecified atom stereocenters. The van der Waals surface area contributed by atoms with Crippen molar-refractivity contribution in [2.75, 3.05) is 0 Å². The standard InChI is InChI=1S/C27H22F3N3O4/c1-17(24(34)31-37)20-11-9-19(10-12-20)16-33-23-8-3-2-7-22(23)25(35)32(26(33)36)14-13-18-5-4-6-21(15-18)27(28,29)30/h2-12,15,37H,1,13-14,16H2,(H,31,34). The third-order valence-corrected chi connectivity index (χ3v) is 6.03. The van der Waals surface area contributed by atoms with Gasteiger partial charge in [-0.15, -0.1) is 0 Å². The van der Waals surface area contributed by atoms with Gasteiger partial charge in [0.2, 0.25) is 0 Å². The molecule has 4 rings (SSSR count). The van der Waals surface area contributed by atoms with E-state index in [0.717, 1.165) is 16.7 Å². The number of hydroxylamine groups is 1. The average molecular weight is 509 g/mol. The number of carbonyl (C=O) groups is 1. The summed E-state index contributed by atoms with van der Waals surface area (Å²) in [4.78, 5) is 38.1. The SMILES string of the molecule is C=C(C(=O)NO)c1ccc(Cn2c(=O)n(CCc3cccc(C(F)(F)F)c3)c(=O)c3ccccc32)cc1. The maximum atomic E-state index is 13.4. The first-order chi connectivity index (χ1) is 17.6. The number of hydrogen-bond acceptors (Lipinski definition) is 4. The van der Waals surface area contributed by atoms with Gasteiger partial charge in [0.25, 0.3) is 11.5 Å². The number of amides is 1. The zero-order chi connectivity index (χ0) is 26.7. The fourth-order valence-electron chi connectivity index (χ4n) is 4.06. The van der Waals surface area contributed by atoms with Gasteiger partial charge in [-0.1, -0.05) is 61.2 Å². The minimum Gasteiger partial charge on any atom is -0.289 e. The molecule has 0 fully saturated rings. The maximum absolute atomic E-state index is 13.4. The summed E-state index contributed by atoms with van der Waals surface area (Å²) < 4.78 is 41.7. The molecule has 0 saturated carbocycles. The Morgan fingerprint density at radius 1 is 0.919 bits per heavy atom. The minimum atomic E-state index is -4.49. The molecular weight excluding hydrogens is 487 g/mol. The summed E-state index contributed by atoms with van der Waals surface area (Å²) in [5, 5.41) is 9.09. The van der Waals surface area contributed by atoms with Crippen LogP contribution in [0.5, 0.6) is 0 Å². The number of aryl methyl sites for hydroxylation is 1. The van der Waals surface area contributed by atoms with Gasteiger partial charge in [0, 0.05) is 12.1 Å². The average Bonchev–Trinajstić information content (AvgIpc) is 2.90. The van der Waals surface area contributed by atoms with Crippen LogP contribution in [-0.2, 0) is 30.5 Å². The number of hydrogen-bond donors (Lipinski definition) is 2. The summed E-state index contributed by atoms with van der Waals surface area (Å²) in [6.45, 7) is 3.62. The number of nitrogens with zero attached hydrogens (tertiary/aromatic N) is 2. The molecule has 7 nitrogen and oxygen atoms in total. The molecule has 0 aliphatic heterocycles. The van der Waals surface area contributed by atoms with E-state index in [1.165, 1.54) is 22.2 Å². The van der Waals surface area contributed by atoms with Crippen LogP contribution in [0.2, 0.25) is 0 Å². The van der Waals surface area contributed by atoms with E-state index >= 15 is 0 Å². The van der Waals surface area contributed by atoms with Gasteiger partial charge in [-0.3, -0.25) is 23.9 Å². The number of alkyl halides is 3. The molecule has 0 aliphatic rings. The monoisotopic (exact) mass is 509 g/mol. The molecule has 1 heterocycles. The van der Waals surface area contributed by atoms with E-state index in [-0.39, 0.29) is 25.1 Å². The lowest BCUT2D eigenvalue weighted by Crippen LogP contribution is -2.40. The van der Waals surface area contributed by atoms with Crippen molar-refractivity contribution >= 4 is 22.4 Å². The fraction of sp³-hybridized carbons (Fsp3) is 0.148. The van der Waals surface area contributed by atoms with Crippen molar-refractivity contribution < 1.29 is 23.2 Å². The Morgan fingerprint density at radius 2 is 1.62 bits per heavy atom. The lowest BCUT2D eigenvalue weighted by atomic mass is 10.0. The number of aromatic nitrogens is 2. The van der Waals surface area contributed by atoms with Gasteiger partial charge in [-0.2, -0.15) is 13.2 Å². The number of benzene rings is 3. The van der Waals surface area contributed by atoms with Gasteiger partial charge < -0.3 is 0 Å². The van der Waals surface area contributed by atoms with Crippen LogP contribution in [0.4, 0.5) is 13.2 Å². The summed E-state index contributed by atoms with van der Waals surface area (Å²) in [5.41, 5.74) is 1.59. The minimum absolute atomic E-state index is 0.0554. The highest BCUT2D eigenvalue weighted by Gasteiger charge is 2.30. The highest BCUT2D eigenvalue weighted by atomic mass is 19.4. The van der Waals surface area contributed by atoms with Gasteiger partial charge in [-0.05, 0) is 41.3 Å². The summed E-state index contributed by atoms with van der Waals surface area (Å²) in [5.74, 6) is -0.747. The third kappa shape index (κ3) is 5.39. The van der Waals surface area contributed by atoms with Crippen molar-refractivity contribution in [2.24, 2.45) is 0 Å². The molecule has 190 valence electrons. The first kappa shape index (κ1) is 25.6. The first-order valence-electron chi connectivity index (χ1n) is 11.2. The Hall–Kier alpha value is -4.44. The van der Waals surface area contributed by atoms with Crippen molar-refractivity contribution in [3.8, 4) is 0 Å². The van der Waals surface area contributed by atoms with Crippen molar-refractivity contribution in [3.63, 3.8) is 0 Å². The number of halogens is 3. The molecule has 10 heteroatoms. The van der Waals surface area contributed by atoms with Crippen molar-refractivity contribution in [1.29, 1.82) is 0 Å². The Balaban J connectivity index is 1.69. The van der Waals surface area contributed by atoms with Crippen LogP contribution in [0.3, 0.4) is 0 Å². The van der Waals surface area contributed by atoms with Gasteiger partial charge in [0.1, 0.15) is 0 Å². The van der Waals surface area contributed by atoms with Gasteiger partial charge in [0.15, 0.2) is 0 Å². The van der Waals surface area contributed by atoms with E-state index < -0.39 is 28.9 Å². The molecule has 4 aromatic rings. The predicted molar refractivity (Wildman–Crippen MR) is 132 cm³/mol. The first-order valence-corrected chi connectivity index (χ1v) is 11.2. The quantitative estimate of drug-likeness (QED) is 0.224. The predicted octanol–water partition coefficient (Wildman–Crippen LogP) is 3.99. The highest BCUT2D eigenvalue weighted by molar-refractivity contribution is 6.18. The number of carbonyl (C=O) groups excluding carboxylic acids is 1. The Kier molecular flexibility index (Phi) is 7.12. The molecule has 0 bridgehead atoms. The molecule has 0 spiro atoms. The number of fused-ring (bicyclic) bond motifs is 1. The molecule has 0 radical (unpaired) electrons. The second-order valence-electron chi connectivity index (χ2n) is 8.41. The normalized spacial score (nSPS) is 11.5. The Labute approximate surface area is 208 Å². The molecule has 2 N–H and O–H groups in total. The largest absolute Gasteiger partial charge is 0.416 e. The van der Waals surface area contributed by atoms with Crippen LogP contribution in [0, 0.1) is 0 Å². The molecule has 0 aliphatic carbocycles. The Morgan fingerprint density at radius 3 is 2.30 bits per heavy atom. The van der Waals surface area contributed by atoms with Crippen LogP contribution >= 0.6 is 0 Å². The zero-order valence-electron chi connectivity index (χ0n) is 19.5. The molecule has 3 aromatic carbocycles.